The molecule has 2 atom stereocenters. The summed E-state index contributed by atoms with van der Waals surface area (Å²) in [5.74, 6) is 1.33. The lowest BCUT2D eigenvalue weighted by molar-refractivity contribution is -0.125. The number of carbonyl (C=O) groups is 1. The minimum atomic E-state index is 0.212. The second kappa shape index (κ2) is 4.56. The van der Waals surface area contributed by atoms with E-state index in [0.29, 0.717) is 11.7 Å². The number of hydrogen-bond acceptors (Lipinski definition) is 2. The normalized spacial score (nSPS) is 26.6. The Hall–Kier alpha value is -1.18. The van der Waals surface area contributed by atoms with E-state index in [1.54, 1.807) is 6.20 Å². The van der Waals surface area contributed by atoms with Crippen molar-refractivity contribution in [3.63, 3.8) is 0 Å². The Morgan fingerprint density at radius 1 is 1.47 bits per heavy atom. The summed E-state index contributed by atoms with van der Waals surface area (Å²) in [7, 11) is 0. The minimum Gasteiger partial charge on any atom is -0.299 e. The molecule has 1 fully saturated rings. The molecule has 1 aromatic heterocycles. The Balaban J connectivity index is 2.01. The number of ketones is 1. The van der Waals surface area contributed by atoms with E-state index in [4.69, 9.17) is 0 Å². The predicted octanol–water partition coefficient (Wildman–Crippen LogP) is 2.63. The van der Waals surface area contributed by atoms with Crippen LogP contribution in [0.3, 0.4) is 0 Å². The molecule has 1 aliphatic carbocycles. The lowest BCUT2D eigenvalue weighted by Crippen LogP contribution is -2.25. The second-order valence-corrected chi connectivity index (χ2v) is 4.57. The summed E-state index contributed by atoms with van der Waals surface area (Å²) in [5.41, 5.74) is 1.05. The van der Waals surface area contributed by atoms with Gasteiger partial charge in [0.05, 0.1) is 0 Å². The van der Waals surface area contributed by atoms with Crippen molar-refractivity contribution < 1.29 is 4.79 Å². The maximum absolute atomic E-state index is 11.7. The van der Waals surface area contributed by atoms with Crippen LogP contribution in [0.1, 0.15) is 31.9 Å². The first-order valence-corrected chi connectivity index (χ1v) is 5.68. The van der Waals surface area contributed by atoms with Gasteiger partial charge in [0.15, 0.2) is 0 Å². The van der Waals surface area contributed by atoms with Gasteiger partial charge in [0.2, 0.25) is 0 Å². The maximum atomic E-state index is 11.7. The Kier molecular flexibility index (Phi) is 3.14. The summed E-state index contributed by atoms with van der Waals surface area (Å²) in [4.78, 5) is 16.0. The molecule has 80 valence electrons. The van der Waals surface area contributed by atoms with Gasteiger partial charge in [-0.05, 0) is 37.3 Å². The molecule has 0 radical (unpaired) electrons. The Morgan fingerprint density at radius 2 is 2.33 bits per heavy atom. The number of Topliss-reactive ketones (excluding diaryl/α,β-unsaturated/α-hetero) is 1. The monoisotopic (exact) mass is 203 g/mol. The maximum Gasteiger partial charge on any atom is 0.136 e. The van der Waals surface area contributed by atoms with E-state index in [9.17, 15) is 4.79 Å². The van der Waals surface area contributed by atoms with Crippen LogP contribution < -0.4 is 0 Å². The second-order valence-electron chi connectivity index (χ2n) is 4.57. The number of carbonyl (C=O) groups excluding carboxylic acids is 1. The van der Waals surface area contributed by atoms with E-state index >= 15 is 0 Å². The summed E-state index contributed by atoms with van der Waals surface area (Å²) in [6, 6.07) is 5.90. The van der Waals surface area contributed by atoms with Crippen molar-refractivity contribution >= 4 is 5.78 Å². The molecule has 0 N–H and O–H groups in total. The lowest BCUT2D eigenvalue weighted by Gasteiger charge is -2.25. The highest BCUT2D eigenvalue weighted by molar-refractivity contribution is 5.81. The molecule has 0 saturated heterocycles. The van der Waals surface area contributed by atoms with Crippen LogP contribution in [0.15, 0.2) is 24.4 Å². The Labute approximate surface area is 90.7 Å². The van der Waals surface area contributed by atoms with Crippen molar-refractivity contribution in [2.75, 3.05) is 0 Å². The van der Waals surface area contributed by atoms with Crippen LogP contribution in [0, 0.1) is 11.8 Å². The molecule has 1 saturated carbocycles. The van der Waals surface area contributed by atoms with Gasteiger partial charge in [-0.2, -0.15) is 0 Å². The molecule has 0 bridgehead atoms. The zero-order valence-electron chi connectivity index (χ0n) is 9.15. The van der Waals surface area contributed by atoms with Crippen LogP contribution in [0.5, 0.6) is 0 Å². The Morgan fingerprint density at radius 3 is 3.07 bits per heavy atom. The van der Waals surface area contributed by atoms with Gasteiger partial charge in [-0.1, -0.05) is 13.0 Å². The Bertz CT molecular complexity index is 334. The fourth-order valence-corrected chi connectivity index (χ4v) is 2.30. The molecule has 2 nitrogen and oxygen atoms in total. The third kappa shape index (κ3) is 2.65. The molecule has 15 heavy (non-hydrogen) atoms. The van der Waals surface area contributed by atoms with Gasteiger partial charge < -0.3 is 0 Å². The van der Waals surface area contributed by atoms with Crippen molar-refractivity contribution in [2.24, 2.45) is 11.8 Å². The van der Waals surface area contributed by atoms with E-state index in [1.165, 1.54) is 0 Å². The fraction of sp³-hybridized carbons (Fsp3) is 0.538. The highest BCUT2D eigenvalue weighted by Crippen LogP contribution is 2.27. The summed E-state index contributed by atoms with van der Waals surface area (Å²) in [6.45, 7) is 2.23. The molecule has 1 heterocycles. The highest BCUT2D eigenvalue weighted by atomic mass is 16.1. The SMILES string of the molecule is C[C@@H]1CCC(=O)[C@H](Cc2ccccn2)C1. The number of nitrogens with zero attached hydrogens (tertiary/aromatic N) is 1. The van der Waals surface area contributed by atoms with Crippen LogP contribution in [0.2, 0.25) is 0 Å². The smallest absolute Gasteiger partial charge is 0.136 e. The van der Waals surface area contributed by atoms with Gasteiger partial charge >= 0.3 is 0 Å². The summed E-state index contributed by atoms with van der Waals surface area (Å²) < 4.78 is 0. The van der Waals surface area contributed by atoms with Crippen molar-refractivity contribution in [3.05, 3.63) is 30.1 Å². The predicted molar refractivity (Wildman–Crippen MR) is 59.5 cm³/mol. The number of pyridine rings is 1. The van der Waals surface area contributed by atoms with Gasteiger partial charge in [-0.3, -0.25) is 9.78 Å². The van der Waals surface area contributed by atoms with Crippen LogP contribution in [0.25, 0.3) is 0 Å². The molecular formula is C13H17NO. The minimum absolute atomic E-state index is 0.212. The average Bonchev–Trinajstić information content (AvgIpc) is 2.25. The zero-order chi connectivity index (χ0) is 10.7. The number of hydrogen-bond donors (Lipinski definition) is 0. The van der Waals surface area contributed by atoms with Crippen LogP contribution in [-0.4, -0.2) is 10.8 Å². The van der Waals surface area contributed by atoms with Crippen molar-refractivity contribution in [2.45, 2.75) is 32.6 Å². The molecule has 2 heteroatoms. The highest BCUT2D eigenvalue weighted by Gasteiger charge is 2.26. The van der Waals surface area contributed by atoms with Gasteiger partial charge in [-0.25, -0.2) is 0 Å². The third-order valence-corrected chi connectivity index (χ3v) is 3.21. The summed E-state index contributed by atoms with van der Waals surface area (Å²) >= 11 is 0. The molecule has 0 unspecified atom stereocenters. The molecule has 0 aliphatic heterocycles. The van der Waals surface area contributed by atoms with E-state index < -0.39 is 0 Å². The largest absolute Gasteiger partial charge is 0.299 e. The van der Waals surface area contributed by atoms with Crippen molar-refractivity contribution in [1.82, 2.24) is 4.98 Å². The van der Waals surface area contributed by atoms with Crippen molar-refractivity contribution in [1.29, 1.82) is 0 Å². The molecule has 1 aliphatic rings. The lowest BCUT2D eigenvalue weighted by atomic mass is 9.79. The van der Waals surface area contributed by atoms with E-state index in [2.05, 4.69) is 11.9 Å². The first-order valence-electron chi connectivity index (χ1n) is 5.68. The van der Waals surface area contributed by atoms with Crippen LogP contribution in [0.4, 0.5) is 0 Å². The quantitative estimate of drug-likeness (QED) is 0.739. The third-order valence-electron chi connectivity index (χ3n) is 3.21. The molecule has 0 aromatic carbocycles. The molecule has 2 rings (SSSR count). The average molecular weight is 203 g/mol. The first-order chi connectivity index (χ1) is 7.25. The van der Waals surface area contributed by atoms with Gasteiger partial charge in [0.25, 0.3) is 0 Å². The topological polar surface area (TPSA) is 30.0 Å². The fourth-order valence-electron chi connectivity index (χ4n) is 2.30. The molecule has 0 spiro atoms. The van der Waals surface area contributed by atoms with Crippen LogP contribution >= 0.6 is 0 Å². The van der Waals surface area contributed by atoms with Gasteiger partial charge in [0.1, 0.15) is 5.78 Å². The van der Waals surface area contributed by atoms with E-state index in [0.717, 1.165) is 31.4 Å². The molecular weight excluding hydrogens is 186 g/mol. The first kappa shape index (κ1) is 10.3. The van der Waals surface area contributed by atoms with Gasteiger partial charge in [-0.15, -0.1) is 0 Å². The van der Waals surface area contributed by atoms with Gasteiger partial charge in [0, 0.05) is 24.2 Å². The van der Waals surface area contributed by atoms with E-state index in [1.807, 2.05) is 18.2 Å². The molecule has 0 amide bonds. The summed E-state index contributed by atoms with van der Waals surface area (Å²) in [6.07, 6.45) is 5.49. The molecule has 1 aromatic rings. The zero-order valence-corrected chi connectivity index (χ0v) is 9.15. The van der Waals surface area contributed by atoms with Crippen molar-refractivity contribution in [3.8, 4) is 0 Å². The van der Waals surface area contributed by atoms with E-state index in [-0.39, 0.29) is 5.92 Å². The standard InChI is InChI=1S/C13H17NO/c1-10-5-6-13(15)11(8-10)9-12-4-2-3-7-14-12/h2-4,7,10-11H,5-6,8-9H2,1H3/t10-,11+/m1/s1. The summed E-state index contributed by atoms with van der Waals surface area (Å²) in [5, 5.41) is 0. The number of aromatic nitrogens is 1. The number of rotatable bonds is 2. The van der Waals surface area contributed by atoms with Crippen LogP contribution in [-0.2, 0) is 11.2 Å².